The van der Waals surface area contributed by atoms with Crippen molar-refractivity contribution in [2.24, 2.45) is 34.0 Å². The van der Waals surface area contributed by atoms with Gasteiger partial charge in [0.2, 0.25) is 5.79 Å². The van der Waals surface area contributed by atoms with Crippen molar-refractivity contribution < 1.29 is 24.2 Å². The second-order valence-electron chi connectivity index (χ2n) is 12.8. The highest BCUT2D eigenvalue weighted by molar-refractivity contribution is 5.90. The Morgan fingerprint density at radius 3 is 2.59 bits per heavy atom. The van der Waals surface area contributed by atoms with E-state index < -0.39 is 11.8 Å². The van der Waals surface area contributed by atoms with Crippen molar-refractivity contribution in [3.8, 4) is 0 Å². The molecule has 1 saturated carbocycles. The lowest BCUT2D eigenvalue weighted by atomic mass is 9.50. The summed E-state index contributed by atoms with van der Waals surface area (Å²) in [6, 6.07) is 0. The van der Waals surface area contributed by atoms with Crippen LogP contribution in [0.15, 0.2) is 47.1 Å². The molecule has 0 radical (unpaired) electrons. The minimum absolute atomic E-state index is 0.0712. The van der Waals surface area contributed by atoms with Crippen LogP contribution >= 0.6 is 0 Å². The molecule has 204 valence electrons. The van der Waals surface area contributed by atoms with E-state index >= 15 is 0 Å². The van der Waals surface area contributed by atoms with E-state index in [0.717, 1.165) is 32.1 Å². The van der Waals surface area contributed by atoms with E-state index in [1.807, 2.05) is 6.92 Å². The zero-order valence-corrected chi connectivity index (χ0v) is 23.9. The van der Waals surface area contributed by atoms with Gasteiger partial charge in [-0.1, -0.05) is 56.2 Å². The molecular weight excluding hydrogens is 464 g/mol. The van der Waals surface area contributed by atoms with Crippen LogP contribution in [-0.2, 0) is 19.1 Å². The van der Waals surface area contributed by atoms with Gasteiger partial charge < -0.3 is 14.6 Å². The molecule has 3 aliphatic carbocycles. The van der Waals surface area contributed by atoms with E-state index in [4.69, 9.17) is 9.47 Å². The van der Waals surface area contributed by atoms with Gasteiger partial charge in [-0.05, 0) is 94.5 Å². The molecule has 5 heteroatoms. The van der Waals surface area contributed by atoms with Crippen LogP contribution in [0.4, 0.5) is 0 Å². The molecular formula is C32H46O5. The average Bonchev–Trinajstić information content (AvgIpc) is 3.42. The Kier molecular flexibility index (Phi) is 7.20. The van der Waals surface area contributed by atoms with Crippen molar-refractivity contribution in [2.75, 3.05) is 6.61 Å². The molecule has 0 aromatic carbocycles. The molecule has 1 fully saturated rings. The molecule has 4 rings (SSSR count). The van der Waals surface area contributed by atoms with Crippen LogP contribution in [0.5, 0.6) is 0 Å². The lowest BCUT2D eigenvalue weighted by molar-refractivity contribution is -0.187. The van der Waals surface area contributed by atoms with Crippen LogP contribution in [0, 0.1) is 34.0 Å². The molecule has 0 aromatic heterocycles. The Bertz CT molecular complexity index is 1080. The van der Waals surface area contributed by atoms with Crippen LogP contribution in [0.25, 0.3) is 0 Å². The quantitative estimate of drug-likeness (QED) is 0.286. The zero-order chi connectivity index (χ0) is 27.4. The van der Waals surface area contributed by atoms with E-state index in [0.29, 0.717) is 36.9 Å². The summed E-state index contributed by atoms with van der Waals surface area (Å²) in [4.78, 5) is 24.5. The van der Waals surface area contributed by atoms with Crippen LogP contribution in [0.2, 0.25) is 0 Å². The molecule has 0 aromatic rings. The molecule has 0 saturated heterocycles. The first-order valence-electron chi connectivity index (χ1n) is 14.1. The van der Waals surface area contributed by atoms with Gasteiger partial charge in [0.25, 0.3) is 0 Å². The van der Waals surface area contributed by atoms with Crippen molar-refractivity contribution in [2.45, 2.75) is 99.2 Å². The summed E-state index contributed by atoms with van der Waals surface area (Å²) < 4.78 is 10.7. The van der Waals surface area contributed by atoms with E-state index in [1.165, 1.54) is 16.7 Å². The number of cyclic esters (lactones) is 1. The number of rotatable bonds is 8. The van der Waals surface area contributed by atoms with Crippen molar-refractivity contribution in [3.05, 3.63) is 47.1 Å². The van der Waals surface area contributed by atoms with Gasteiger partial charge in [0, 0.05) is 23.8 Å². The molecule has 0 bridgehead atoms. The van der Waals surface area contributed by atoms with E-state index in [-0.39, 0.29) is 28.1 Å². The molecule has 1 heterocycles. The number of aliphatic hydroxyl groups is 1. The number of fused-ring (bicyclic) bond motifs is 2. The van der Waals surface area contributed by atoms with E-state index in [2.05, 4.69) is 53.3 Å². The third-order valence-electron chi connectivity index (χ3n) is 10.8. The maximum absolute atomic E-state index is 12.4. The van der Waals surface area contributed by atoms with Gasteiger partial charge in [0.1, 0.15) is 0 Å². The minimum Gasteiger partial charge on any atom is -0.466 e. The predicted molar refractivity (Wildman–Crippen MR) is 145 cm³/mol. The number of esters is 2. The standard InChI is InChI=1S/C32H46O5/c1-9-36-27(33)14-15-29(7)24(20(2)3)10-11-26-25(29)13-17-32(26)22(5)12-16-30(32,8)23(6)19-31(35)18-21(4)28(34)37-31/h11-12,18,23-25,35H,2,9-10,13-17,19H2,1,3-8H3/t23-,24+,25-,29+,30+,31+,32+/m1/s1. The Morgan fingerprint density at radius 2 is 2.00 bits per heavy atom. The summed E-state index contributed by atoms with van der Waals surface area (Å²) in [5, 5.41) is 11.1. The predicted octanol–water partition coefficient (Wildman–Crippen LogP) is 6.83. The van der Waals surface area contributed by atoms with Gasteiger partial charge in [-0.15, -0.1) is 0 Å². The molecule has 37 heavy (non-hydrogen) atoms. The van der Waals surface area contributed by atoms with Gasteiger partial charge in [0.05, 0.1) is 6.61 Å². The van der Waals surface area contributed by atoms with Gasteiger partial charge in [0.15, 0.2) is 0 Å². The fourth-order valence-electron chi connectivity index (χ4n) is 8.69. The summed E-state index contributed by atoms with van der Waals surface area (Å²) in [5.41, 5.74) is 4.29. The molecule has 1 spiro atoms. The maximum atomic E-state index is 12.4. The molecule has 5 nitrogen and oxygen atoms in total. The number of carbonyl (C=O) groups is 2. The summed E-state index contributed by atoms with van der Waals surface area (Å²) in [6.45, 7) is 19.7. The molecule has 7 atom stereocenters. The molecule has 1 aliphatic heterocycles. The van der Waals surface area contributed by atoms with Crippen molar-refractivity contribution in [1.29, 1.82) is 0 Å². The smallest absolute Gasteiger partial charge is 0.336 e. The van der Waals surface area contributed by atoms with Crippen molar-refractivity contribution >= 4 is 11.9 Å². The minimum atomic E-state index is -1.54. The Labute approximate surface area is 223 Å². The highest BCUT2D eigenvalue weighted by Crippen LogP contribution is 2.72. The van der Waals surface area contributed by atoms with Crippen LogP contribution in [0.1, 0.15) is 93.4 Å². The average molecular weight is 511 g/mol. The first-order valence-corrected chi connectivity index (χ1v) is 14.1. The lowest BCUT2D eigenvalue weighted by Gasteiger charge is -2.53. The highest BCUT2D eigenvalue weighted by Gasteiger charge is 2.64. The fraction of sp³-hybridized carbons (Fsp3) is 0.688. The summed E-state index contributed by atoms with van der Waals surface area (Å²) in [7, 11) is 0. The Balaban J connectivity index is 1.69. The molecule has 1 N–H and O–H groups in total. The summed E-state index contributed by atoms with van der Waals surface area (Å²) in [6.07, 6.45) is 12.0. The number of carbonyl (C=O) groups excluding carboxylic acids is 2. The number of hydrogen-bond donors (Lipinski definition) is 1. The zero-order valence-electron chi connectivity index (χ0n) is 23.9. The SMILES string of the molecule is C=C(C)[C@@H]1CC=C2[C@@H](CC[C@]23C(C)=CC[C@@]3(C)[C@H](C)C[C@]2(O)C=C(C)C(=O)O2)[C@@]1(C)CCC(=O)OCC. The van der Waals surface area contributed by atoms with Crippen LogP contribution < -0.4 is 0 Å². The second-order valence-corrected chi connectivity index (χ2v) is 12.8. The maximum Gasteiger partial charge on any atom is 0.336 e. The van der Waals surface area contributed by atoms with Gasteiger partial charge in [-0.25, -0.2) is 4.79 Å². The van der Waals surface area contributed by atoms with E-state index in [9.17, 15) is 14.7 Å². The molecule has 0 amide bonds. The summed E-state index contributed by atoms with van der Waals surface area (Å²) in [5.74, 6) is -1.31. The third kappa shape index (κ3) is 4.26. The normalized spacial score (nSPS) is 39.6. The van der Waals surface area contributed by atoms with E-state index in [1.54, 1.807) is 13.0 Å². The summed E-state index contributed by atoms with van der Waals surface area (Å²) >= 11 is 0. The van der Waals surface area contributed by atoms with Gasteiger partial charge in [-0.3, -0.25) is 4.79 Å². The van der Waals surface area contributed by atoms with Gasteiger partial charge >= 0.3 is 11.9 Å². The first-order chi connectivity index (χ1) is 17.2. The fourth-order valence-corrected chi connectivity index (χ4v) is 8.69. The second kappa shape index (κ2) is 9.55. The monoisotopic (exact) mass is 510 g/mol. The first kappa shape index (κ1) is 27.9. The number of ether oxygens (including phenoxy) is 2. The number of allylic oxidation sites excluding steroid dienone is 5. The molecule has 4 aliphatic rings. The molecule has 0 unspecified atom stereocenters. The lowest BCUT2D eigenvalue weighted by Crippen LogP contribution is -2.47. The van der Waals surface area contributed by atoms with Crippen molar-refractivity contribution in [3.63, 3.8) is 0 Å². The Hall–Kier alpha value is -2.14. The Morgan fingerprint density at radius 1 is 1.30 bits per heavy atom. The van der Waals surface area contributed by atoms with Gasteiger partial charge in [-0.2, -0.15) is 0 Å². The van der Waals surface area contributed by atoms with Crippen molar-refractivity contribution in [1.82, 2.24) is 0 Å². The topological polar surface area (TPSA) is 72.8 Å². The van der Waals surface area contributed by atoms with Crippen LogP contribution in [-0.4, -0.2) is 29.4 Å². The number of hydrogen-bond acceptors (Lipinski definition) is 5. The highest BCUT2D eigenvalue weighted by atomic mass is 16.7. The third-order valence-corrected chi connectivity index (χ3v) is 10.8. The largest absolute Gasteiger partial charge is 0.466 e. The van der Waals surface area contributed by atoms with Crippen LogP contribution in [0.3, 0.4) is 0 Å².